The van der Waals surface area contributed by atoms with E-state index in [0.717, 1.165) is 6.21 Å². The van der Waals surface area contributed by atoms with Gasteiger partial charge in [0.1, 0.15) is 17.7 Å². The summed E-state index contributed by atoms with van der Waals surface area (Å²) in [6.07, 6.45) is -1.18. The second-order valence-corrected chi connectivity index (χ2v) is 2.63. The fourth-order valence-corrected chi connectivity index (χ4v) is 1.02. The summed E-state index contributed by atoms with van der Waals surface area (Å²) in [7, 11) is 0. The van der Waals surface area contributed by atoms with Crippen LogP contribution < -0.4 is 0 Å². The maximum absolute atomic E-state index is 9.21. The standard InChI is InChI=1S/C6H11NO4/c8-2-6(3-9)5(11)4(10)1-7-6/h1,4-5,8-11H,2-3H2/t4-,5-/m1/s1. The zero-order valence-electron chi connectivity index (χ0n) is 5.88. The summed E-state index contributed by atoms with van der Waals surface area (Å²) in [6.45, 7) is -0.948. The molecule has 1 aliphatic rings. The molecule has 5 nitrogen and oxygen atoms in total. The first-order chi connectivity index (χ1) is 5.16. The highest BCUT2D eigenvalue weighted by Gasteiger charge is 2.44. The Balaban J connectivity index is 2.78. The van der Waals surface area contributed by atoms with Gasteiger partial charge >= 0.3 is 0 Å². The van der Waals surface area contributed by atoms with Crippen LogP contribution in [0.15, 0.2) is 4.99 Å². The van der Waals surface area contributed by atoms with E-state index in [9.17, 15) is 5.11 Å². The molecule has 0 fully saturated rings. The van der Waals surface area contributed by atoms with E-state index < -0.39 is 31.0 Å². The van der Waals surface area contributed by atoms with Gasteiger partial charge in [0.25, 0.3) is 0 Å². The molecule has 0 aliphatic carbocycles. The molecule has 1 aliphatic heterocycles. The molecule has 5 heteroatoms. The van der Waals surface area contributed by atoms with Crippen LogP contribution >= 0.6 is 0 Å². The molecule has 0 bridgehead atoms. The molecule has 0 aromatic heterocycles. The SMILES string of the molecule is OCC1(CO)N=C[C@@H](O)[C@H]1O. The van der Waals surface area contributed by atoms with E-state index in [2.05, 4.69) is 4.99 Å². The molecule has 0 saturated heterocycles. The molecule has 0 aromatic carbocycles. The van der Waals surface area contributed by atoms with Crippen molar-refractivity contribution in [1.29, 1.82) is 0 Å². The summed E-state index contributed by atoms with van der Waals surface area (Å²) in [5.41, 5.74) is -1.31. The minimum Gasteiger partial charge on any atom is -0.394 e. The number of aliphatic hydroxyl groups excluding tert-OH is 4. The normalized spacial score (nSPS) is 34.5. The van der Waals surface area contributed by atoms with Crippen LogP contribution in [-0.2, 0) is 0 Å². The van der Waals surface area contributed by atoms with Crippen molar-refractivity contribution in [3.8, 4) is 0 Å². The summed E-state index contributed by atoms with van der Waals surface area (Å²) in [5, 5.41) is 35.7. The predicted octanol–water partition coefficient (Wildman–Crippen LogP) is -2.48. The van der Waals surface area contributed by atoms with Crippen LogP contribution in [0, 0.1) is 0 Å². The molecule has 64 valence electrons. The average Bonchev–Trinajstić information content (AvgIpc) is 2.32. The van der Waals surface area contributed by atoms with Crippen LogP contribution in [0.5, 0.6) is 0 Å². The third-order valence-electron chi connectivity index (χ3n) is 1.91. The quantitative estimate of drug-likeness (QED) is 0.360. The van der Waals surface area contributed by atoms with Gasteiger partial charge in [-0.15, -0.1) is 0 Å². The predicted molar refractivity (Wildman–Crippen MR) is 37.4 cm³/mol. The van der Waals surface area contributed by atoms with Gasteiger partial charge in [-0.2, -0.15) is 0 Å². The summed E-state index contributed by atoms with van der Waals surface area (Å²) < 4.78 is 0. The van der Waals surface area contributed by atoms with Crippen LogP contribution in [0.3, 0.4) is 0 Å². The van der Waals surface area contributed by atoms with Crippen molar-refractivity contribution in [2.24, 2.45) is 4.99 Å². The van der Waals surface area contributed by atoms with Gasteiger partial charge in [-0.3, -0.25) is 4.99 Å². The van der Waals surface area contributed by atoms with Crippen LogP contribution in [-0.4, -0.2) is 57.6 Å². The number of rotatable bonds is 2. The summed E-state index contributed by atoms with van der Waals surface area (Å²) >= 11 is 0. The highest BCUT2D eigenvalue weighted by molar-refractivity contribution is 5.68. The smallest absolute Gasteiger partial charge is 0.135 e. The summed E-state index contributed by atoms with van der Waals surface area (Å²) in [4.78, 5) is 3.64. The Morgan fingerprint density at radius 2 is 1.82 bits per heavy atom. The van der Waals surface area contributed by atoms with E-state index in [1.807, 2.05) is 0 Å². The molecule has 0 spiro atoms. The van der Waals surface area contributed by atoms with Crippen molar-refractivity contribution in [1.82, 2.24) is 0 Å². The van der Waals surface area contributed by atoms with Crippen LogP contribution in [0.1, 0.15) is 0 Å². The molecule has 0 saturated carbocycles. The van der Waals surface area contributed by atoms with Crippen molar-refractivity contribution in [2.45, 2.75) is 17.7 Å². The fourth-order valence-electron chi connectivity index (χ4n) is 1.02. The first-order valence-electron chi connectivity index (χ1n) is 3.29. The lowest BCUT2D eigenvalue weighted by Gasteiger charge is -2.26. The molecular formula is C6H11NO4. The first-order valence-corrected chi connectivity index (χ1v) is 3.29. The minimum absolute atomic E-state index is 0.474. The second kappa shape index (κ2) is 2.86. The first kappa shape index (κ1) is 8.61. The van der Waals surface area contributed by atoms with Crippen LogP contribution in [0.4, 0.5) is 0 Å². The Morgan fingerprint density at radius 1 is 1.27 bits per heavy atom. The lowest BCUT2D eigenvalue weighted by atomic mass is 9.95. The molecule has 0 radical (unpaired) electrons. The van der Waals surface area contributed by atoms with Gasteiger partial charge < -0.3 is 20.4 Å². The molecule has 4 N–H and O–H groups in total. The number of hydrogen-bond donors (Lipinski definition) is 4. The zero-order chi connectivity index (χ0) is 8.48. The number of nitrogens with zero attached hydrogens (tertiary/aromatic N) is 1. The average molecular weight is 161 g/mol. The molecule has 2 atom stereocenters. The van der Waals surface area contributed by atoms with Crippen molar-refractivity contribution < 1.29 is 20.4 Å². The molecule has 0 unspecified atom stereocenters. The van der Waals surface area contributed by atoms with Crippen LogP contribution in [0.2, 0.25) is 0 Å². The summed E-state index contributed by atoms with van der Waals surface area (Å²) in [5.74, 6) is 0. The van der Waals surface area contributed by atoms with Gasteiger partial charge in [0.05, 0.1) is 13.2 Å². The Morgan fingerprint density at radius 3 is 2.00 bits per heavy atom. The minimum atomic E-state index is -1.31. The maximum Gasteiger partial charge on any atom is 0.135 e. The third kappa shape index (κ3) is 1.16. The van der Waals surface area contributed by atoms with E-state index in [0.29, 0.717) is 0 Å². The van der Waals surface area contributed by atoms with E-state index >= 15 is 0 Å². The van der Waals surface area contributed by atoms with Crippen molar-refractivity contribution in [3.63, 3.8) is 0 Å². The highest BCUT2D eigenvalue weighted by atomic mass is 16.3. The van der Waals surface area contributed by atoms with Crippen molar-refractivity contribution in [2.75, 3.05) is 13.2 Å². The highest BCUT2D eigenvalue weighted by Crippen LogP contribution is 2.22. The maximum atomic E-state index is 9.21. The third-order valence-corrected chi connectivity index (χ3v) is 1.91. The van der Waals surface area contributed by atoms with E-state index in [1.54, 1.807) is 0 Å². The Kier molecular flexibility index (Phi) is 2.24. The van der Waals surface area contributed by atoms with Gasteiger partial charge in [-0.05, 0) is 0 Å². The molecule has 1 heterocycles. The van der Waals surface area contributed by atoms with Crippen molar-refractivity contribution in [3.05, 3.63) is 0 Å². The number of aliphatic hydroxyl groups is 4. The van der Waals surface area contributed by atoms with Gasteiger partial charge in [-0.25, -0.2) is 0 Å². The van der Waals surface area contributed by atoms with E-state index in [4.69, 9.17) is 15.3 Å². The number of aliphatic imine (C=N–C) groups is 1. The van der Waals surface area contributed by atoms with Gasteiger partial charge in [0.15, 0.2) is 0 Å². The molecule has 0 aromatic rings. The van der Waals surface area contributed by atoms with Gasteiger partial charge in [0.2, 0.25) is 0 Å². The monoisotopic (exact) mass is 161 g/mol. The fraction of sp³-hybridized carbons (Fsp3) is 0.833. The summed E-state index contributed by atoms with van der Waals surface area (Å²) in [6, 6.07) is 0. The molecular weight excluding hydrogens is 150 g/mol. The van der Waals surface area contributed by atoms with Gasteiger partial charge in [-0.1, -0.05) is 0 Å². The lowest BCUT2D eigenvalue weighted by Crippen LogP contribution is -2.48. The van der Waals surface area contributed by atoms with Crippen molar-refractivity contribution >= 4 is 6.21 Å². The Hall–Kier alpha value is -0.490. The lowest BCUT2D eigenvalue weighted by molar-refractivity contribution is -0.0241. The van der Waals surface area contributed by atoms with Crippen LogP contribution in [0.25, 0.3) is 0 Å². The largest absolute Gasteiger partial charge is 0.394 e. The molecule has 11 heavy (non-hydrogen) atoms. The van der Waals surface area contributed by atoms with E-state index in [1.165, 1.54) is 0 Å². The second-order valence-electron chi connectivity index (χ2n) is 2.63. The topological polar surface area (TPSA) is 93.3 Å². The molecule has 1 rings (SSSR count). The number of hydrogen-bond acceptors (Lipinski definition) is 5. The zero-order valence-corrected chi connectivity index (χ0v) is 5.88. The molecule has 0 amide bonds. The Labute approximate surface area is 63.6 Å². The van der Waals surface area contributed by atoms with E-state index in [-0.39, 0.29) is 0 Å². The van der Waals surface area contributed by atoms with Gasteiger partial charge in [0, 0.05) is 6.21 Å². The Bertz CT molecular complexity index is 166.